The monoisotopic (exact) mass is 329 g/mol. The predicted molar refractivity (Wildman–Crippen MR) is 88.4 cm³/mol. The number of nitrogens with zero attached hydrogens (tertiary/aromatic N) is 1. The molecular weight excluding hydrogens is 309 g/mol. The van der Waals surface area contributed by atoms with Crippen molar-refractivity contribution in [3.05, 3.63) is 65.5 Å². The van der Waals surface area contributed by atoms with E-state index in [2.05, 4.69) is 0 Å². The Kier molecular flexibility index (Phi) is 5.11. The largest absolute Gasteiger partial charge is 0.497 e. The fourth-order valence-corrected chi connectivity index (χ4v) is 2.85. The number of methoxy groups -OCH3 is 1. The lowest BCUT2D eigenvalue weighted by atomic mass is 10.1. The quantitative estimate of drug-likeness (QED) is 0.866. The van der Waals surface area contributed by atoms with Gasteiger partial charge in [-0.3, -0.25) is 4.79 Å². The molecule has 126 valence electrons. The first-order valence-corrected chi connectivity index (χ1v) is 7.93. The average molecular weight is 329 g/mol. The zero-order valence-electron chi connectivity index (χ0n) is 13.6. The van der Waals surface area contributed by atoms with Gasteiger partial charge in [-0.2, -0.15) is 0 Å². The van der Waals surface area contributed by atoms with Crippen LogP contribution in [0.4, 0.5) is 4.39 Å². The van der Waals surface area contributed by atoms with Crippen molar-refractivity contribution in [2.45, 2.75) is 12.5 Å². The highest BCUT2D eigenvalue weighted by molar-refractivity contribution is 5.79. The minimum atomic E-state index is -0.295. The number of carbonyl (C=O) groups is 1. The summed E-state index contributed by atoms with van der Waals surface area (Å²) < 4.78 is 24.3. The van der Waals surface area contributed by atoms with E-state index in [-0.39, 0.29) is 17.8 Å². The third-order valence-corrected chi connectivity index (χ3v) is 4.13. The van der Waals surface area contributed by atoms with E-state index in [1.54, 1.807) is 18.1 Å². The third kappa shape index (κ3) is 3.92. The minimum Gasteiger partial charge on any atom is -0.497 e. The number of rotatable bonds is 4. The van der Waals surface area contributed by atoms with Crippen LogP contribution in [0.1, 0.15) is 17.2 Å². The number of benzene rings is 2. The van der Waals surface area contributed by atoms with Crippen LogP contribution in [-0.2, 0) is 16.0 Å². The fourth-order valence-electron chi connectivity index (χ4n) is 2.85. The molecule has 0 saturated carbocycles. The molecule has 1 unspecified atom stereocenters. The highest BCUT2D eigenvalue weighted by Gasteiger charge is 2.25. The standard InChI is InChI=1S/C19H20FNO3/c1-23-17-7-2-4-14(10-17)11-19(22)21-8-9-24-18(13-21)15-5-3-6-16(20)12-15/h2-7,10,12,18H,8-9,11,13H2,1H3. The van der Waals surface area contributed by atoms with Gasteiger partial charge in [-0.05, 0) is 35.4 Å². The number of carbonyl (C=O) groups excluding carboxylic acids is 1. The number of amides is 1. The lowest BCUT2D eigenvalue weighted by molar-refractivity contribution is -0.138. The van der Waals surface area contributed by atoms with Gasteiger partial charge in [0.25, 0.3) is 0 Å². The van der Waals surface area contributed by atoms with Crippen LogP contribution in [0, 0.1) is 5.82 Å². The summed E-state index contributed by atoms with van der Waals surface area (Å²) in [5.74, 6) is 0.476. The summed E-state index contributed by atoms with van der Waals surface area (Å²) in [5, 5.41) is 0. The number of hydrogen-bond donors (Lipinski definition) is 0. The van der Waals surface area contributed by atoms with E-state index in [0.717, 1.165) is 16.9 Å². The van der Waals surface area contributed by atoms with Crippen molar-refractivity contribution in [3.8, 4) is 5.75 Å². The summed E-state index contributed by atoms with van der Waals surface area (Å²) in [7, 11) is 1.60. The zero-order chi connectivity index (χ0) is 16.9. The van der Waals surface area contributed by atoms with E-state index in [4.69, 9.17) is 9.47 Å². The van der Waals surface area contributed by atoms with E-state index in [1.807, 2.05) is 30.3 Å². The number of morpholine rings is 1. The summed E-state index contributed by atoms with van der Waals surface area (Å²) in [5.41, 5.74) is 1.67. The molecule has 5 heteroatoms. The number of ether oxygens (including phenoxy) is 2. The summed E-state index contributed by atoms with van der Waals surface area (Å²) in [6.07, 6.45) is 0.0243. The molecular formula is C19H20FNO3. The normalized spacial score (nSPS) is 17.6. The maximum atomic E-state index is 13.4. The molecule has 0 N–H and O–H groups in total. The van der Waals surface area contributed by atoms with Crippen molar-refractivity contribution in [1.82, 2.24) is 4.90 Å². The molecule has 0 bridgehead atoms. The van der Waals surface area contributed by atoms with Crippen LogP contribution in [0.15, 0.2) is 48.5 Å². The maximum absolute atomic E-state index is 13.4. The van der Waals surface area contributed by atoms with Gasteiger partial charge in [-0.1, -0.05) is 24.3 Å². The highest BCUT2D eigenvalue weighted by atomic mass is 19.1. The smallest absolute Gasteiger partial charge is 0.227 e. The Morgan fingerprint density at radius 1 is 1.29 bits per heavy atom. The van der Waals surface area contributed by atoms with Gasteiger partial charge in [-0.15, -0.1) is 0 Å². The molecule has 0 spiro atoms. The van der Waals surface area contributed by atoms with Crippen LogP contribution in [0.2, 0.25) is 0 Å². The fraction of sp³-hybridized carbons (Fsp3) is 0.316. The maximum Gasteiger partial charge on any atom is 0.227 e. The van der Waals surface area contributed by atoms with Crippen molar-refractivity contribution >= 4 is 5.91 Å². The van der Waals surface area contributed by atoms with Gasteiger partial charge in [0.15, 0.2) is 0 Å². The average Bonchev–Trinajstić information content (AvgIpc) is 2.62. The van der Waals surface area contributed by atoms with Crippen LogP contribution in [-0.4, -0.2) is 37.6 Å². The molecule has 1 fully saturated rings. The molecule has 1 saturated heterocycles. The van der Waals surface area contributed by atoms with Crippen LogP contribution in [0.3, 0.4) is 0 Å². The van der Waals surface area contributed by atoms with Crippen molar-refractivity contribution in [2.24, 2.45) is 0 Å². The Hall–Kier alpha value is -2.40. The lowest BCUT2D eigenvalue weighted by Crippen LogP contribution is -2.43. The second-order valence-electron chi connectivity index (χ2n) is 5.78. The lowest BCUT2D eigenvalue weighted by Gasteiger charge is -2.33. The Balaban J connectivity index is 1.66. The molecule has 0 aromatic heterocycles. The van der Waals surface area contributed by atoms with Gasteiger partial charge in [-0.25, -0.2) is 4.39 Å². The van der Waals surface area contributed by atoms with Crippen LogP contribution in [0.25, 0.3) is 0 Å². The molecule has 1 atom stereocenters. The second-order valence-corrected chi connectivity index (χ2v) is 5.78. The Bertz CT molecular complexity index is 719. The zero-order valence-corrected chi connectivity index (χ0v) is 13.6. The minimum absolute atomic E-state index is 0.0351. The molecule has 2 aromatic rings. The summed E-state index contributed by atoms with van der Waals surface area (Å²) >= 11 is 0. The van der Waals surface area contributed by atoms with Crippen molar-refractivity contribution in [2.75, 3.05) is 26.8 Å². The molecule has 4 nitrogen and oxygen atoms in total. The van der Waals surface area contributed by atoms with Crippen molar-refractivity contribution in [1.29, 1.82) is 0 Å². The van der Waals surface area contributed by atoms with Crippen LogP contribution in [0.5, 0.6) is 5.75 Å². The van der Waals surface area contributed by atoms with Crippen LogP contribution >= 0.6 is 0 Å². The first-order valence-electron chi connectivity index (χ1n) is 7.93. The van der Waals surface area contributed by atoms with Gasteiger partial charge in [0, 0.05) is 6.54 Å². The highest BCUT2D eigenvalue weighted by Crippen LogP contribution is 2.23. The van der Waals surface area contributed by atoms with E-state index >= 15 is 0 Å². The first-order chi connectivity index (χ1) is 11.7. The van der Waals surface area contributed by atoms with E-state index in [1.165, 1.54) is 12.1 Å². The van der Waals surface area contributed by atoms with E-state index in [0.29, 0.717) is 26.1 Å². The van der Waals surface area contributed by atoms with Gasteiger partial charge in [0.1, 0.15) is 17.7 Å². The molecule has 0 aliphatic carbocycles. The summed E-state index contributed by atoms with van der Waals surface area (Å²) in [4.78, 5) is 14.3. The van der Waals surface area contributed by atoms with Gasteiger partial charge in [0.05, 0.1) is 26.7 Å². The predicted octanol–water partition coefficient (Wildman–Crippen LogP) is 2.98. The molecule has 1 aliphatic rings. The molecule has 24 heavy (non-hydrogen) atoms. The van der Waals surface area contributed by atoms with Crippen molar-refractivity contribution in [3.63, 3.8) is 0 Å². The molecule has 1 amide bonds. The second kappa shape index (κ2) is 7.45. The van der Waals surface area contributed by atoms with E-state index < -0.39 is 0 Å². The van der Waals surface area contributed by atoms with Crippen molar-refractivity contribution < 1.29 is 18.7 Å². The van der Waals surface area contributed by atoms with E-state index in [9.17, 15) is 9.18 Å². The number of halogens is 1. The van der Waals surface area contributed by atoms with Gasteiger partial charge in [0.2, 0.25) is 5.91 Å². The first kappa shape index (κ1) is 16.5. The van der Waals surface area contributed by atoms with Gasteiger partial charge >= 0.3 is 0 Å². The Morgan fingerprint density at radius 2 is 2.12 bits per heavy atom. The van der Waals surface area contributed by atoms with Crippen LogP contribution < -0.4 is 4.74 Å². The third-order valence-electron chi connectivity index (χ3n) is 4.13. The topological polar surface area (TPSA) is 38.8 Å². The van der Waals surface area contributed by atoms with Gasteiger partial charge < -0.3 is 14.4 Å². The Labute approximate surface area is 140 Å². The summed E-state index contributed by atoms with van der Waals surface area (Å²) in [6.45, 7) is 1.44. The molecule has 2 aromatic carbocycles. The number of hydrogen-bond acceptors (Lipinski definition) is 3. The molecule has 3 rings (SSSR count). The molecule has 0 radical (unpaired) electrons. The Morgan fingerprint density at radius 3 is 2.92 bits per heavy atom. The molecule has 1 aliphatic heterocycles. The molecule has 1 heterocycles. The summed E-state index contributed by atoms with van der Waals surface area (Å²) in [6, 6.07) is 13.8. The SMILES string of the molecule is COc1cccc(CC(=O)N2CCOC(c3cccc(F)c3)C2)c1.